The van der Waals surface area contributed by atoms with Crippen molar-refractivity contribution < 1.29 is 13.3 Å². The molecule has 5 heteroatoms. The minimum atomic E-state index is -2.60. The molecule has 0 spiro atoms. The Labute approximate surface area is 75.7 Å². The van der Waals surface area contributed by atoms with Crippen molar-refractivity contribution in [1.29, 1.82) is 0 Å². The Balaban J connectivity index is 3.13. The molecule has 0 fully saturated rings. The molecule has 1 aromatic rings. The van der Waals surface area contributed by atoms with Crippen LogP contribution in [-0.4, -0.2) is 0 Å². The SMILES string of the molecule is FC(F)[n+]1cc(Br)ccc1Cl. The first-order valence-corrected chi connectivity index (χ1v) is 3.92. The molecular weight excluding hydrogens is 239 g/mol. The van der Waals surface area contributed by atoms with E-state index in [1.165, 1.54) is 12.3 Å². The summed E-state index contributed by atoms with van der Waals surface area (Å²) < 4.78 is 25.4. The lowest BCUT2D eigenvalue weighted by atomic mass is 10.5. The molecule has 60 valence electrons. The third-order valence-corrected chi connectivity index (χ3v) is 1.89. The topological polar surface area (TPSA) is 3.88 Å². The Morgan fingerprint density at radius 1 is 1.45 bits per heavy atom. The van der Waals surface area contributed by atoms with Crippen LogP contribution in [-0.2, 0) is 0 Å². The highest BCUT2D eigenvalue weighted by Gasteiger charge is 2.19. The van der Waals surface area contributed by atoms with Crippen molar-refractivity contribution in [2.45, 2.75) is 6.55 Å². The van der Waals surface area contributed by atoms with E-state index >= 15 is 0 Å². The van der Waals surface area contributed by atoms with Gasteiger partial charge in [-0.15, -0.1) is 13.3 Å². The highest BCUT2D eigenvalue weighted by Crippen LogP contribution is 2.13. The molecular formula is C6H4BrClF2N+. The van der Waals surface area contributed by atoms with Crippen molar-refractivity contribution in [3.8, 4) is 0 Å². The Morgan fingerprint density at radius 3 is 2.55 bits per heavy atom. The molecule has 0 saturated carbocycles. The molecule has 0 aromatic carbocycles. The fraction of sp³-hybridized carbons (Fsp3) is 0.167. The number of aromatic nitrogens is 1. The molecule has 1 rings (SSSR count). The first-order chi connectivity index (χ1) is 5.11. The third-order valence-electron chi connectivity index (χ3n) is 1.10. The summed E-state index contributed by atoms with van der Waals surface area (Å²) >= 11 is 8.51. The summed E-state index contributed by atoms with van der Waals surface area (Å²) in [6.45, 7) is -2.60. The number of halogens is 4. The lowest BCUT2D eigenvalue weighted by Gasteiger charge is -1.95. The van der Waals surface area contributed by atoms with E-state index in [1.807, 2.05) is 0 Å². The zero-order valence-electron chi connectivity index (χ0n) is 5.27. The van der Waals surface area contributed by atoms with Crippen LogP contribution in [0.25, 0.3) is 0 Å². The lowest BCUT2D eigenvalue weighted by molar-refractivity contribution is -0.771. The fourth-order valence-electron chi connectivity index (χ4n) is 0.622. The number of rotatable bonds is 1. The normalized spacial score (nSPS) is 10.6. The van der Waals surface area contributed by atoms with Crippen molar-refractivity contribution in [2.75, 3.05) is 0 Å². The van der Waals surface area contributed by atoms with Gasteiger partial charge in [-0.1, -0.05) is 0 Å². The number of alkyl halides is 2. The molecule has 0 atom stereocenters. The van der Waals surface area contributed by atoms with Gasteiger partial charge in [-0.2, -0.15) is 0 Å². The van der Waals surface area contributed by atoms with Crippen molar-refractivity contribution >= 4 is 27.5 Å². The van der Waals surface area contributed by atoms with Crippen LogP contribution in [0.3, 0.4) is 0 Å². The predicted molar refractivity (Wildman–Crippen MR) is 40.6 cm³/mol. The van der Waals surface area contributed by atoms with Gasteiger partial charge in [0.2, 0.25) is 0 Å². The summed E-state index contributed by atoms with van der Waals surface area (Å²) in [6, 6.07) is 3.00. The van der Waals surface area contributed by atoms with Crippen molar-refractivity contribution in [1.82, 2.24) is 0 Å². The monoisotopic (exact) mass is 242 g/mol. The molecule has 0 unspecified atom stereocenters. The number of pyridine rings is 1. The standard InChI is InChI=1S/C6H4BrClF2N/c7-4-1-2-5(8)11(3-4)6(9)10/h1-3,6H/q+1. The average molecular weight is 243 g/mol. The van der Waals surface area contributed by atoms with E-state index in [1.54, 1.807) is 6.07 Å². The van der Waals surface area contributed by atoms with Crippen LogP contribution >= 0.6 is 27.5 Å². The van der Waals surface area contributed by atoms with Gasteiger partial charge < -0.3 is 0 Å². The maximum atomic E-state index is 12.1. The highest BCUT2D eigenvalue weighted by molar-refractivity contribution is 9.10. The Morgan fingerprint density at radius 2 is 2.09 bits per heavy atom. The zero-order valence-corrected chi connectivity index (χ0v) is 7.61. The zero-order chi connectivity index (χ0) is 8.43. The van der Waals surface area contributed by atoms with Crippen LogP contribution in [0.5, 0.6) is 0 Å². The Bertz CT molecular complexity index is 267. The molecule has 0 aliphatic rings. The van der Waals surface area contributed by atoms with Crippen molar-refractivity contribution in [3.63, 3.8) is 0 Å². The largest absolute Gasteiger partial charge is 0.452 e. The fourth-order valence-corrected chi connectivity index (χ4v) is 1.16. The smallest absolute Gasteiger partial charge is 0.141 e. The van der Waals surface area contributed by atoms with Crippen molar-refractivity contribution in [2.24, 2.45) is 0 Å². The second-order valence-corrected chi connectivity index (χ2v) is 3.16. The van der Waals surface area contributed by atoms with E-state index < -0.39 is 6.55 Å². The molecule has 0 bridgehead atoms. The molecule has 1 nitrogen and oxygen atoms in total. The van der Waals surface area contributed by atoms with Crippen LogP contribution in [0.2, 0.25) is 5.15 Å². The van der Waals surface area contributed by atoms with Gasteiger partial charge in [-0.25, -0.2) is 0 Å². The van der Waals surface area contributed by atoms with E-state index in [2.05, 4.69) is 15.9 Å². The summed E-state index contributed by atoms with van der Waals surface area (Å²) in [4.78, 5) is 0. The minimum absolute atomic E-state index is 0.0169. The van der Waals surface area contributed by atoms with Gasteiger partial charge in [0.15, 0.2) is 6.20 Å². The Kier molecular flexibility index (Phi) is 2.78. The average Bonchev–Trinajstić information content (AvgIpc) is 1.94. The molecule has 1 aromatic heterocycles. The molecule has 0 saturated heterocycles. The summed E-state index contributed by atoms with van der Waals surface area (Å²) in [5.41, 5.74) is 0. The van der Waals surface area contributed by atoms with Gasteiger partial charge in [-0.05, 0) is 33.6 Å². The molecule has 11 heavy (non-hydrogen) atoms. The molecule has 0 N–H and O–H groups in total. The molecule has 0 radical (unpaired) electrons. The number of hydrogen-bond donors (Lipinski definition) is 0. The minimum Gasteiger partial charge on any atom is -0.141 e. The van der Waals surface area contributed by atoms with Crippen LogP contribution in [0.4, 0.5) is 8.78 Å². The van der Waals surface area contributed by atoms with Gasteiger partial charge in [-0.3, -0.25) is 0 Å². The summed E-state index contributed by atoms with van der Waals surface area (Å²) in [5.74, 6) is 0. The first-order valence-electron chi connectivity index (χ1n) is 2.75. The number of hydrogen-bond acceptors (Lipinski definition) is 0. The quantitative estimate of drug-likeness (QED) is 0.527. The van der Waals surface area contributed by atoms with E-state index in [-0.39, 0.29) is 5.15 Å². The summed E-state index contributed by atoms with van der Waals surface area (Å²) in [5, 5.41) is 0.0169. The predicted octanol–water partition coefficient (Wildman–Crippen LogP) is 2.79. The van der Waals surface area contributed by atoms with Crippen LogP contribution < -0.4 is 4.57 Å². The third kappa shape index (κ3) is 2.10. The maximum absolute atomic E-state index is 12.1. The van der Waals surface area contributed by atoms with E-state index in [0.29, 0.717) is 9.04 Å². The second-order valence-electron chi connectivity index (χ2n) is 1.85. The van der Waals surface area contributed by atoms with Crippen molar-refractivity contribution in [3.05, 3.63) is 28.0 Å². The van der Waals surface area contributed by atoms with Gasteiger partial charge in [0.1, 0.15) is 0 Å². The lowest BCUT2D eigenvalue weighted by Crippen LogP contribution is -2.35. The van der Waals surface area contributed by atoms with E-state index in [0.717, 1.165) is 0 Å². The molecule has 0 aliphatic carbocycles. The van der Waals surface area contributed by atoms with Crippen LogP contribution in [0, 0.1) is 0 Å². The van der Waals surface area contributed by atoms with E-state index in [4.69, 9.17) is 11.6 Å². The summed E-state index contributed by atoms with van der Waals surface area (Å²) in [7, 11) is 0. The van der Waals surface area contributed by atoms with Crippen LogP contribution in [0.1, 0.15) is 6.55 Å². The molecule has 0 aliphatic heterocycles. The Hall–Kier alpha value is -0.220. The molecule has 1 heterocycles. The molecule has 0 amide bonds. The van der Waals surface area contributed by atoms with Gasteiger partial charge in [0, 0.05) is 6.07 Å². The van der Waals surface area contributed by atoms with Gasteiger partial charge >= 0.3 is 6.55 Å². The van der Waals surface area contributed by atoms with Gasteiger partial charge in [0.25, 0.3) is 5.15 Å². The van der Waals surface area contributed by atoms with Gasteiger partial charge in [0.05, 0.1) is 4.47 Å². The highest BCUT2D eigenvalue weighted by atomic mass is 79.9. The first kappa shape index (κ1) is 8.87. The van der Waals surface area contributed by atoms with Crippen LogP contribution in [0.15, 0.2) is 22.8 Å². The maximum Gasteiger partial charge on any atom is 0.452 e. The second kappa shape index (κ2) is 3.45. The summed E-state index contributed by atoms with van der Waals surface area (Å²) in [6.07, 6.45) is 1.23. The number of nitrogens with zero attached hydrogens (tertiary/aromatic N) is 1. The van der Waals surface area contributed by atoms with E-state index in [9.17, 15) is 8.78 Å².